The molecule has 69 heavy (non-hydrogen) atoms. The Morgan fingerprint density at radius 2 is 0.580 bits per heavy atom. The first-order valence-electron chi connectivity index (χ1n) is 24.9. The maximum absolute atomic E-state index is 2.54. The van der Waals surface area contributed by atoms with Crippen molar-refractivity contribution >= 4 is 76.9 Å². The third kappa shape index (κ3) is 7.74. The van der Waals surface area contributed by atoms with Gasteiger partial charge in [0.1, 0.15) is 0 Å². The van der Waals surface area contributed by atoms with Crippen LogP contribution in [-0.4, -0.2) is 14.5 Å². The summed E-state index contributed by atoms with van der Waals surface area (Å²) >= 11 is 0.0864. The van der Waals surface area contributed by atoms with Gasteiger partial charge in [0, 0.05) is 0 Å². The molecule has 0 spiro atoms. The molecular formula is C68H64Se. The molecule has 1 aromatic heterocycles. The van der Waals surface area contributed by atoms with Crippen molar-refractivity contribution in [2.75, 3.05) is 0 Å². The van der Waals surface area contributed by atoms with Crippen molar-refractivity contribution in [3.05, 3.63) is 192 Å². The summed E-state index contributed by atoms with van der Waals surface area (Å²) in [7, 11) is 0. The van der Waals surface area contributed by atoms with Gasteiger partial charge in [0.05, 0.1) is 0 Å². The molecule has 0 aliphatic rings. The first-order chi connectivity index (χ1) is 32.8. The fourth-order valence-electron chi connectivity index (χ4n) is 10.9. The van der Waals surface area contributed by atoms with Gasteiger partial charge in [0.25, 0.3) is 0 Å². The minimum absolute atomic E-state index is 0.0157. The Morgan fingerprint density at radius 3 is 0.928 bits per heavy atom. The second-order valence-corrected chi connectivity index (χ2v) is 26.0. The third-order valence-electron chi connectivity index (χ3n) is 14.8. The second kappa shape index (κ2) is 16.2. The van der Waals surface area contributed by atoms with Gasteiger partial charge in [-0.05, 0) is 0 Å². The fourth-order valence-corrected chi connectivity index (χ4v) is 13.6. The molecule has 0 atom stereocenters. The molecular weight excluding hydrogens is 896 g/mol. The van der Waals surface area contributed by atoms with Crippen molar-refractivity contribution in [1.82, 2.24) is 0 Å². The standard InChI is InChI=1S/C68H64Se/c1-65(2,3)44-34-42(35-45(39-44)66(4,5)6)61-51-24-15-13-22-49(51)60(50-23-14-16-25-52(50)61)41-32-33-48-57-30-21-31-58(64(57)69-59(48)38-41)63-55-28-19-17-26-53(55)62(54-27-18-20-29-56(54)63)43-36-46(67(7,8)9)40-47(37-43)68(10,11)12/h13-40H,1-12H3. The predicted molar refractivity (Wildman–Crippen MR) is 305 cm³/mol. The van der Waals surface area contributed by atoms with Crippen molar-refractivity contribution in [1.29, 1.82) is 0 Å². The van der Waals surface area contributed by atoms with E-state index < -0.39 is 0 Å². The monoisotopic (exact) mass is 960 g/mol. The molecule has 0 nitrogen and oxygen atoms in total. The van der Waals surface area contributed by atoms with E-state index >= 15 is 0 Å². The van der Waals surface area contributed by atoms with Crippen LogP contribution in [-0.2, 0) is 21.7 Å². The fraction of sp³-hybridized carbons (Fsp3) is 0.235. The van der Waals surface area contributed by atoms with Gasteiger partial charge in [0.2, 0.25) is 0 Å². The molecule has 342 valence electrons. The van der Waals surface area contributed by atoms with Crippen LogP contribution in [0.1, 0.15) is 105 Å². The maximum atomic E-state index is 2.54. The topological polar surface area (TPSA) is 0 Å². The molecule has 0 unspecified atom stereocenters. The van der Waals surface area contributed by atoms with Gasteiger partial charge in [-0.1, -0.05) is 0 Å². The zero-order valence-electron chi connectivity index (χ0n) is 42.6. The number of benzene rings is 10. The first-order valence-corrected chi connectivity index (χ1v) is 26.6. The Kier molecular flexibility index (Phi) is 10.6. The summed E-state index contributed by atoms with van der Waals surface area (Å²) in [6.07, 6.45) is 0. The summed E-state index contributed by atoms with van der Waals surface area (Å²) in [4.78, 5) is 0. The van der Waals surface area contributed by atoms with Crippen molar-refractivity contribution in [3.63, 3.8) is 0 Å². The van der Waals surface area contributed by atoms with Crippen LogP contribution in [0, 0.1) is 0 Å². The first kappa shape index (κ1) is 45.2. The third-order valence-corrected chi connectivity index (χ3v) is 17.3. The van der Waals surface area contributed by atoms with Crippen LogP contribution < -0.4 is 0 Å². The van der Waals surface area contributed by atoms with Crippen molar-refractivity contribution in [2.24, 2.45) is 0 Å². The molecule has 1 heterocycles. The van der Waals surface area contributed by atoms with E-state index in [1.54, 1.807) is 0 Å². The molecule has 0 saturated carbocycles. The van der Waals surface area contributed by atoms with Gasteiger partial charge in [-0.3, -0.25) is 0 Å². The zero-order chi connectivity index (χ0) is 48.4. The van der Waals surface area contributed by atoms with Crippen molar-refractivity contribution in [3.8, 4) is 44.5 Å². The molecule has 11 rings (SSSR count). The molecule has 10 aromatic carbocycles. The summed E-state index contributed by atoms with van der Waals surface area (Å²) in [5.74, 6) is 0. The van der Waals surface area contributed by atoms with Crippen molar-refractivity contribution < 1.29 is 0 Å². The summed E-state index contributed by atoms with van der Waals surface area (Å²) in [6, 6.07) is 65.9. The van der Waals surface area contributed by atoms with Crippen LogP contribution in [0.3, 0.4) is 0 Å². The summed E-state index contributed by atoms with van der Waals surface area (Å²) in [5.41, 5.74) is 16.1. The van der Waals surface area contributed by atoms with E-state index in [4.69, 9.17) is 0 Å². The van der Waals surface area contributed by atoms with Gasteiger partial charge in [0.15, 0.2) is 0 Å². The molecule has 11 aromatic rings. The van der Waals surface area contributed by atoms with Crippen LogP contribution in [0.4, 0.5) is 0 Å². The molecule has 0 fully saturated rings. The molecule has 0 radical (unpaired) electrons. The normalized spacial score (nSPS) is 12.9. The Morgan fingerprint density at radius 1 is 0.261 bits per heavy atom. The van der Waals surface area contributed by atoms with Gasteiger partial charge in [-0.15, -0.1) is 0 Å². The number of rotatable bonds is 4. The quantitative estimate of drug-likeness (QED) is 0.122. The average molecular weight is 960 g/mol. The Hall–Kier alpha value is -6.24. The van der Waals surface area contributed by atoms with E-state index in [1.165, 1.54) is 129 Å². The van der Waals surface area contributed by atoms with E-state index in [-0.39, 0.29) is 36.2 Å². The van der Waals surface area contributed by atoms with Gasteiger partial charge >= 0.3 is 418 Å². The number of hydrogen-bond acceptors (Lipinski definition) is 0. The Balaban J connectivity index is 1.14. The number of fused-ring (bicyclic) bond motifs is 7. The van der Waals surface area contributed by atoms with Crippen LogP contribution in [0.15, 0.2) is 170 Å². The van der Waals surface area contributed by atoms with Crippen molar-refractivity contribution in [2.45, 2.75) is 105 Å². The average Bonchev–Trinajstić information content (AvgIpc) is 3.69. The summed E-state index contributed by atoms with van der Waals surface area (Å²) < 4.78 is 2.93. The van der Waals surface area contributed by atoms with E-state index in [9.17, 15) is 0 Å². The van der Waals surface area contributed by atoms with E-state index in [0.717, 1.165) is 0 Å². The molecule has 0 aliphatic carbocycles. The molecule has 0 bridgehead atoms. The molecule has 0 N–H and O–H groups in total. The van der Waals surface area contributed by atoms with Crippen LogP contribution in [0.2, 0.25) is 0 Å². The molecule has 0 saturated heterocycles. The summed E-state index contributed by atoms with van der Waals surface area (Å²) in [6.45, 7) is 28.1. The second-order valence-electron chi connectivity index (χ2n) is 23.8. The summed E-state index contributed by atoms with van der Waals surface area (Å²) in [5, 5.41) is 13.2. The molecule has 0 aliphatic heterocycles. The van der Waals surface area contributed by atoms with Crippen LogP contribution in [0.25, 0.3) is 107 Å². The van der Waals surface area contributed by atoms with Crippen LogP contribution in [0.5, 0.6) is 0 Å². The SMILES string of the molecule is CC(C)(C)c1cc(-c2c3ccccc3c(-c3ccc4c(c3)[se]c3c(-c5c6ccccc6c(-c6cc(C(C)(C)C)cc(C(C)(C)C)c6)c6ccccc56)cccc34)c3ccccc23)cc(C(C)(C)C)c1. The van der Waals surface area contributed by atoms with Gasteiger partial charge < -0.3 is 0 Å². The number of hydrogen-bond donors (Lipinski definition) is 0. The zero-order valence-corrected chi connectivity index (χ0v) is 44.3. The van der Waals surface area contributed by atoms with Gasteiger partial charge in [-0.25, -0.2) is 0 Å². The Labute approximate surface area is 415 Å². The molecule has 1 heteroatoms. The van der Waals surface area contributed by atoms with Crippen LogP contribution >= 0.6 is 0 Å². The predicted octanol–water partition coefficient (Wildman–Crippen LogP) is 19.5. The Bertz CT molecular complexity index is 3680. The minimum atomic E-state index is 0.0157. The van der Waals surface area contributed by atoms with E-state index in [2.05, 4.69) is 253 Å². The molecule has 0 amide bonds. The van der Waals surface area contributed by atoms with Gasteiger partial charge in [-0.2, -0.15) is 0 Å². The van der Waals surface area contributed by atoms with E-state index in [1.807, 2.05) is 0 Å². The van der Waals surface area contributed by atoms with E-state index in [0.29, 0.717) is 0 Å².